The van der Waals surface area contributed by atoms with E-state index in [0.717, 1.165) is 0 Å². The summed E-state index contributed by atoms with van der Waals surface area (Å²) in [4.78, 5) is 13.1. The fourth-order valence-corrected chi connectivity index (χ4v) is 1.25. The first-order valence-electron chi connectivity index (χ1n) is 5.61. The maximum Gasteiger partial charge on any atom is 0.261 e. The van der Waals surface area contributed by atoms with Crippen LogP contribution in [0.3, 0.4) is 0 Å². The van der Waals surface area contributed by atoms with Crippen LogP contribution >= 0.6 is 0 Å². The molecular weight excluding hydrogens is 248 g/mol. The molecule has 0 bridgehead atoms. The second-order valence-corrected chi connectivity index (χ2v) is 3.53. The normalized spacial score (nSPS) is 11.9. The summed E-state index contributed by atoms with van der Waals surface area (Å²) in [6, 6.07) is 0. The molecule has 0 aromatic rings. The van der Waals surface area contributed by atoms with Gasteiger partial charge in [0, 0.05) is 19.5 Å². The van der Waals surface area contributed by atoms with Crippen LogP contribution in [-0.4, -0.2) is 54.6 Å². The van der Waals surface area contributed by atoms with Gasteiger partial charge in [-0.3, -0.25) is 4.79 Å². The van der Waals surface area contributed by atoms with Gasteiger partial charge in [-0.15, -0.1) is 0 Å². The van der Waals surface area contributed by atoms with Crippen LogP contribution in [0.4, 0.5) is 8.78 Å². The number of amides is 1. The molecule has 0 fully saturated rings. The minimum atomic E-state index is -2.53. The molecule has 18 heavy (non-hydrogen) atoms. The van der Waals surface area contributed by atoms with Gasteiger partial charge in [0.15, 0.2) is 0 Å². The molecule has 0 atom stereocenters. The molecule has 1 amide bonds. The summed E-state index contributed by atoms with van der Waals surface area (Å²) < 4.78 is 28.1. The van der Waals surface area contributed by atoms with Crippen LogP contribution in [0, 0.1) is 0 Å². The molecule has 0 unspecified atom stereocenters. The number of carbonyl (C=O) groups is 1. The minimum Gasteiger partial charge on any atom is -0.409 e. The predicted molar refractivity (Wildman–Crippen MR) is 61.7 cm³/mol. The second-order valence-electron chi connectivity index (χ2n) is 3.53. The molecule has 0 aliphatic carbocycles. The molecule has 0 rings (SSSR count). The summed E-state index contributed by atoms with van der Waals surface area (Å²) >= 11 is 0. The standard InChI is InChI=1S/C10H19F2N3O3/c1-2-15(5-3-9(13)14-17)10(16)4-6-18-7-8(11)12/h8,17H,2-7H2,1H3,(H2,13,14). The molecule has 6 nitrogen and oxygen atoms in total. The van der Waals surface area contributed by atoms with E-state index in [4.69, 9.17) is 10.9 Å². The first kappa shape index (κ1) is 16.6. The molecule has 0 saturated carbocycles. The van der Waals surface area contributed by atoms with Crippen molar-refractivity contribution in [1.29, 1.82) is 0 Å². The second kappa shape index (κ2) is 9.58. The van der Waals surface area contributed by atoms with E-state index in [0.29, 0.717) is 13.1 Å². The van der Waals surface area contributed by atoms with Crippen molar-refractivity contribution in [2.24, 2.45) is 10.9 Å². The topological polar surface area (TPSA) is 88.1 Å². The zero-order valence-electron chi connectivity index (χ0n) is 10.3. The lowest BCUT2D eigenvalue weighted by Crippen LogP contribution is -2.34. The van der Waals surface area contributed by atoms with Crippen molar-refractivity contribution in [1.82, 2.24) is 4.90 Å². The van der Waals surface area contributed by atoms with Gasteiger partial charge in [-0.2, -0.15) is 0 Å². The number of alkyl halides is 2. The molecule has 0 aromatic heterocycles. The minimum absolute atomic E-state index is 0.0372. The first-order valence-corrected chi connectivity index (χ1v) is 5.61. The van der Waals surface area contributed by atoms with Gasteiger partial charge in [0.1, 0.15) is 12.4 Å². The highest BCUT2D eigenvalue weighted by Crippen LogP contribution is 1.99. The average Bonchev–Trinajstić information content (AvgIpc) is 2.34. The third-order valence-corrected chi connectivity index (χ3v) is 2.20. The van der Waals surface area contributed by atoms with Crippen molar-refractivity contribution < 1.29 is 23.5 Å². The Morgan fingerprint density at radius 3 is 2.67 bits per heavy atom. The molecule has 0 saturated heterocycles. The van der Waals surface area contributed by atoms with Gasteiger partial charge in [0.25, 0.3) is 6.43 Å². The number of nitrogens with two attached hydrogens (primary N) is 1. The van der Waals surface area contributed by atoms with Crippen molar-refractivity contribution in [2.45, 2.75) is 26.2 Å². The van der Waals surface area contributed by atoms with E-state index < -0.39 is 13.0 Å². The number of carbonyl (C=O) groups excluding carboxylic acids is 1. The number of halogens is 2. The number of rotatable bonds is 9. The summed E-state index contributed by atoms with van der Waals surface area (Å²) in [5, 5.41) is 11.2. The SMILES string of the molecule is CCN(CCC(N)=NO)C(=O)CCOCC(F)F. The predicted octanol–water partition coefficient (Wildman–Crippen LogP) is 0.643. The summed E-state index contributed by atoms with van der Waals surface area (Å²) in [6.45, 7) is 1.86. The highest BCUT2D eigenvalue weighted by atomic mass is 19.3. The highest BCUT2D eigenvalue weighted by Gasteiger charge is 2.12. The van der Waals surface area contributed by atoms with Crippen molar-refractivity contribution in [2.75, 3.05) is 26.3 Å². The summed E-state index contributed by atoms with van der Waals surface area (Å²) in [6.07, 6.45) is -2.23. The van der Waals surface area contributed by atoms with Gasteiger partial charge in [0.2, 0.25) is 5.91 Å². The summed E-state index contributed by atoms with van der Waals surface area (Å²) in [5.74, 6) is -0.173. The molecule has 3 N–H and O–H groups in total. The molecule has 106 valence electrons. The smallest absolute Gasteiger partial charge is 0.261 e. The van der Waals surface area contributed by atoms with Gasteiger partial charge >= 0.3 is 0 Å². The van der Waals surface area contributed by atoms with E-state index in [-0.39, 0.29) is 31.2 Å². The Morgan fingerprint density at radius 2 is 2.17 bits per heavy atom. The molecule has 0 spiro atoms. The number of hydrogen-bond donors (Lipinski definition) is 2. The number of ether oxygens (including phenoxy) is 1. The zero-order valence-corrected chi connectivity index (χ0v) is 10.3. The van der Waals surface area contributed by atoms with Crippen LogP contribution in [-0.2, 0) is 9.53 Å². The summed E-state index contributed by atoms with van der Waals surface area (Å²) in [5.41, 5.74) is 5.29. The summed E-state index contributed by atoms with van der Waals surface area (Å²) in [7, 11) is 0. The Kier molecular flexibility index (Phi) is 8.81. The van der Waals surface area contributed by atoms with E-state index in [1.165, 1.54) is 4.90 Å². The lowest BCUT2D eigenvalue weighted by atomic mass is 10.3. The van der Waals surface area contributed by atoms with Crippen molar-refractivity contribution in [3.8, 4) is 0 Å². The molecule has 0 aliphatic heterocycles. The van der Waals surface area contributed by atoms with Crippen LogP contribution < -0.4 is 5.73 Å². The molecular formula is C10H19F2N3O3. The van der Waals surface area contributed by atoms with E-state index in [1.54, 1.807) is 6.92 Å². The first-order chi connectivity index (χ1) is 8.51. The van der Waals surface area contributed by atoms with E-state index in [1.807, 2.05) is 0 Å². The average molecular weight is 267 g/mol. The van der Waals surface area contributed by atoms with Crippen LogP contribution in [0.25, 0.3) is 0 Å². The fourth-order valence-electron chi connectivity index (χ4n) is 1.25. The molecule has 0 heterocycles. The number of amidine groups is 1. The molecule has 0 aromatic carbocycles. The van der Waals surface area contributed by atoms with E-state index in [9.17, 15) is 13.6 Å². The van der Waals surface area contributed by atoms with Gasteiger partial charge in [0.05, 0.1) is 13.0 Å². The number of oxime groups is 1. The fraction of sp³-hybridized carbons (Fsp3) is 0.800. The van der Waals surface area contributed by atoms with Crippen molar-refractivity contribution in [3.63, 3.8) is 0 Å². The Balaban J connectivity index is 3.89. The maximum absolute atomic E-state index is 11.8. The largest absolute Gasteiger partial charge is 0.409 e. The van der Waals surface area contributed by atoms with Crippen LogP contribution in [0.1, 0.15) is 19.8 Å². The Bertz CT molecular complexity index is 275. The highest BCUT2D eigenvalue weighted by molar-refractivity contribution is 5.81. The Labute approximate surface area is 104 Å². The zero-order chi connectivity index (χ0) is 14.0. The van der Waals surface area contributed by atoms with Crippen molar-refractivity contribution >= 4 is 11.7 Å². The molecule has 0 aliphatic rings. The van der Waals surface area contributed by atoms with Gasteiger partial charge in [-0.1, -0.05) is 5.16 Å². The maximum atomic E-state index is 11.8. The molecule has 8 heteroatoms. The van der Waals surface area contributed by atoms with Crippen LogP contribution in [0.2, 0.25) is 0 Å². The van der Waals surface area contributed by atoms with E-state index >= 15 is 0 Å². The number of nitrogens with zero attached hydrogens (tertiary/aromatic N) is 2. The lowest BCUT2D eigenvalue weighted by Gasteiger charge is -2.20. The van der Waals surface area contributed by atoms with Gasteiger partial charge in [-0.25, -0.2) is 8.78 Å². The van der Waals surface area contributed by atoms with Crippen LogP contribution in [0.5, 0.6) is 0 Å². The third-order valence-electron chi connectivity index (χ3n) is 2.20. The van der Waals surface area contributed by atoms with Gasteiger partial charge in [-0.05, 0) is 6.92 Å². The van der Waals surface area contributed by atoms with E-state index in [2.05, 4.69) is 9.89 Å². The number of hydrogen-bond acceptors (Lipinski definition) is 4. The van der Waals surface area contributed by atoms with Crippen molar-refractivity contribution in [3.05, 3.63) is 0 Å². The third kappa shape index (κ3) is 7.77. The lowest BCUT2D eigenvalue weighted by molar-refractivity contribution is -0.132. The monoisotopic (exact) mass is 267 g/mol. The quantitative estimate of drug-likeness (QED) is 0.211. The Morgan fingerprint density at radius 1 is 1.50 bits per heavy atom. The Hall–Kier alpha value is -1.44. The van der Waals surface area contributed by atoms with Gasteiger partial charge < -0.3 is 20.6 Å². The van der Waals surface area contributed by atoms with Crippen LogP contribution in [0.15, 0.2) is 5.16 Å². The molecule has 0 radical (unpaired) electrons.